The lowest BCUT2D eigenvalue weighted by molar-refractivity contribution is -0.523. The Kier molecular flexibility index (Phi) is 6.43. The first kappa shape index (κ1) is 20.5. The first-order chi connectivity index (χ1) is 11.7. The van der Waals surface area contributed by atoms with Crippen LogP contribution in [0.25, 0.3) is 0 Å². The molecule has 0 spiro atoms. The van der Waals surface area contributed by atoms with Crippen LogP contribution in [0.5, 0.6) is 0 Å². The highest BCUT2D eigenvalue weighted by molar-refractivity contribution is 8.13. The summed E-state index contributed by atoms with van der Waals surface area (Å²) in [5, 5.41) is 12.4. The van der Waals surface area contributed by atoms with E-state index in [1.165, 1.54) is 12.1 Å². The Balaban J connectivity index is 2.51. The average molecular weight is 407 g/mol. The van der Waals surface area contributed by atoms with Gasteiger partial charge in [-0.1, -0.05) is 24.6 Å². The standard InChI is InChI=1S/C16H25ClN3O3S2/c1-5-18-25(22,23)14-10-12(8-9-13(14)17)16(21)11-24-15(19(16)4)20(6-2)7-3/h8-10,18,21H,5-7,11H2,1-4H3/q+1. The van der Waals surface area contributed by atoms with E-state index in [4.69, 9.17) is 11.6 Å². The van der Waals surface area contributed by atoms with Crippen molar-refractivity contribution < 1.29 is 18.1 Å². The molecule has 1 aromatic carbocycles. The second-order valence-electron chi connectivity index (χ2n) is 5.77. The van der Waals surface area contributed by atoms with Crippen LogP contribution in [0.4, 0.5) is 0 Å². The number of hydrogen-bond acceptors (Lipinski definition) is 4. The number of sulfonamides is 1. The minimum atomic E-state index is -3.71. The van der Waals surface area contributed by atoms with Crippen LogP contribution in [0.1, 0.15) is 26.3 Å². The average Bonchev–Trinajstić information content (AvgIpc) is 2.86. The second-order valence-corrected chi connectivity index (χ2v) is 8.85. The lowest BCUT2D eigenvalue weighted by Gasteiger charge is -2.26. The number of nitrogens with zero attached hydrogens (tertiary/aromatic N) is 2. The molecule has 1 saturated heterocycles. The van der Waals surface area contributed by atoms with Gasteiger partial charge in [-0.25, -0.2) is 18.0 Å². The summed E-state index contributed by atoms with van der Waals surface area (Å²) in [5.74, 6) is 0.414. The number of halogens is 1. The van der Waals surface area contributed by atoms with Crippen LogP contribution in [-0.4, -0.2) is 60.6 Å². The van der Waals surface area contributed by atoms with E-state index in [9.17, 15) is 13.5 Å². The molecule has 1 aliphatic heterocycles. The van der Waals surface area contributed by atoms with E-state index in [0.29, 0.717) is 11.3 Å². The number of rotatable bonds is 6. The Morgan fingerprint density at radius 1 is 1.36 bits per heavy atom. The van der Waals surface area contributed by atoms with E-state index in [1.807, 2.05) is 7.05 Å². The molecule has 25 heavy (non-hydrogen) atoms. The molecule has 1 fully saturated rings. The fourth-order valence-electron chi connectivity index (χ4n) is 2.82. The fraction of sp³-hybridized carbons (Fsp3) is 0.562. The third-order valence-electron chi connectivity index (χ3n) is 4.30. The SMILES string of the molecule is CCNS(=O)(=O)c1cc(C2(O)CSC(=[N+](CC)CC)N2C)ccc1Cl. The van der Waals surface area contributed by atoms with E-state index in [1.54, 1.807) is 29.7 Å². The van der Waals surface area contributed by atoms with Gasteiger partial charge in [-0.2, -0.15) is 0 Å². The number of hydrogen-bond donors (Lipinski definition) is 2. The van der Waals surface area contributed by atoms with Crippen molar-refractivity contribution in [3.63, 3.8) is 0 Å². The lowest BCUT2D eigenvalue weighted by Crippen LogP contribution is -2.44. The highest BCUT2D eigenvalue weighted by atomic mass is 35.5. The maximum Gasteiger partial charge on any atom is 0.311 e. The van der Waals surface area contributed by atoms with E-state index >= 15 is 0 Å². The minimum absolute atomic E-state index is 0.0170. The summed E-state index contributed by atoms with van der Waals surface area (Å²) in [5.41, 5.74) is -0.783. The van der Waals surface area contributed by atoms with Crippen LogP contribution in [-0.2, 0) is 15.7 Å². The third kappa shape index (κ3) is 3.83. The van der Waals surface area contributed by atoms with Crippen LogP contribution in [0.2, 0.25) is 5.02 Å². The van der Waals surface area contributed by atoms with Crippen molar-refractivity contribution in [1.29, 1.82) is 0 Å². The Labute approximate surface area is 158 Å². The van der Waals surface area contributed by atoms with Crippen molar-refractivity contribution in [2.75, 3.05) is 32.4 Å². The maximum absolute atomic E-state index is 12.4. The highest BCUT2D eigenvalue weighted by Gasteiger charge is 2.50. The monoisotopic (exact) mass is 406 g/mol. The van der Waals surface area contributed by atoms with Crippen LogP contribution < -0.4 is 4.72 Å². The molecule has 0 bridgehead atoms. The summed E-state index contributed by atoms with van der Waals surface area (Å²) in [6.45, 7) is 7.76. The molecule has 0 radical (unpaired) electrons. The number of amidine groups is 1. The molecule has 2 N–H and O–H groups in total. The van der Waals surface area contributed by atoms with E-state index in [2.05, 4.69) is 23.1 Å². The second kappa shape index (κ2) is 7.84. The maximum atomic E-state index is 12.4. The Morgan fingerprint density at radius 2 is 2.00 bits per heavy atom. The van der Waals surface area contributed by atoms with Gasteiger partial charge in [0.2, 0.25) is 15.7 Å². The van der Waals surface area contributed by atoms with Gasteiger partial charge in [-0.05, 0) is 37.7 Å². The zero-order valence-corrected chi connectivity index (χ0v) is 17.3. The summed E-state index contributed by atoms with van der Waals surface area (Å²) in [7, 11) is -1.89. The van der Waals surface area contributed by atoms with Crippen LogP contribution in [0, 0.1) is 0 Å². The molecule has 1 atom stereocenters. The molecular formula is C16H25ClN3O3S2+. The van der Waals surface area contributed by atoms with Gasteiger partial charge < -0.3 is 5.11 Å². The largest absolute Gasteiger partial charge is 0.349 e. The van der Waals surface area contributed by atoms with Crippen molar-refractivity contribution in [3.05, 3.63) is 28.8 Å². The first-order valence-corrected chi connectivity index (χ1v) is 11.1. The van der Waals surface area contributed by atoms with Gasteiger partial charge in [0.05, 0.1) is 30.9 Å². The van der Waals surface area contributed by atoms with Gasteiger partial charge in [0, 0.05) is 12.1 Å². The molecule has 0 aromatic heterocycles. The van der Waals surface area contributed by atoms with E-state index in [0.717, 1.165) is 18.3 Å². The third-order valence-corrected chi connectivity index (χ3v) is 7.66. The molecule has 9 heteroatoms. The normalized spacial score (nSPS) is 21.0. The van der Waals surface area contributed by atoms with Crippen molar-refractivity contribution in [1.82, 2.24) is 9.62 Å². The van der Waals surface area contributed by atoms with Gasteiger partial charge in [-0.3, -0.25) is 4.58 Å². The molecule has 1 aromatic rings. The van der Waals surface area contributed by atoms with E-state index in [-0.39, 0.29) is 16.5 Å². The summed E-state index contributed by atoms with van der Waals surface area (Å²) in [6, 6.07) is 4.66. The summed E-state index contributed by atoms with van der Waals surface area (Å²) in [6.07, 6.45) is 0. The van der Waals surface area contributed by atoms with Gasteiger partial charge in [-0.15, -0.1) is 0 Å². The van der Waals surface area contributed by atoms with Crippen LogP contribution in [0.15, 0.2) is 23.1 Å². The van der Waals surface area contributed by atoms with Crippen molar-refractivity contribution >= 4 is 38.6 Å². The van der Waals surface area contributed by atoms with E-state index < -0.39 is 15.7 Å². The zero-order chi connectivity index (χ0) is 18.8. The Hall–Kier alpha value is -0.800. The molecule has 0 saturated carbocycles. The summed E-state index contributed by atoms with van der Waals surface area (Å²) >= 11 is 7.65. The van der Waals surface area contributed by atoms with Crippen LogP contribution in [0.3, 0.4) is 0 Å². The molecule has 2 rings (SSSR count). The first-order valence-electron chi connectivity index (χ1n) is 8.21. The Bertz CT molecular complexity index is 777. The molecule has 0 aliphatic carbocycles. The molecule has 1 aliphatic rings. The predicted molar refractivity (Wildman–Crippen MR) is 103 cm³/mol. The topological polar surface area (TPSA) is 72.7 Å². The summed E-state index contributed by atoms with van der Waals surface area (Å²) < 4.78 is 29.3. The minimum Gasteiger partial charge on any atom is -0.349 e. The fourth-order valence-corrected chi connectivity index (χ4v) is 5.86. The lowest BCUT2D eigenvalue weighted by atomic mass is 10.0. The van der Waals surface area contributed by atoms with Crippen molar-refractivity contribution in [2.24, 2.45) is 0 Å². The van der Waals surface area contributed by atoms with Crippen molar-refractivity contribution in [2.45, 2.75) is 31.4 Å². The summed E-state index contributed by atoms with van der Waals surface area (Å²) in [4.78, 5) is 1.79. The molecule has 140 valence electrons. The highest BCUT2D eigenvalue weighted by Crippen LogP contribution is 2.39. The van der Waals surface area contributed by atoms with Gasteiger partial charge >= 0.3 is 5.17 Å². The molecule has 0 amide bonds. The quantitative estimate of drug-likeness (QED) is 0.705. The number of aliphatic hydroxyl groups is 1. The van der Waals surface area contributed by atoms with Crippen LogP contribution >= 0.6 is 23.4 Å². The molecular weight excluding hydrogens is 382 g/mol. The van der Waals surface area contributed by atoms with Gasteiger partial charge in [0.25, 0.3) is 0 Å². The van der Waals surface area contributed by atoms with Gasteiger partial charge in [0.1, 0.15) is 4.90 Å². The predicted octanol–water partition coefficient (Wildman–Crippen LogP) is 1.87. The van der Waals surface area contributed by atoms with Gasteiger partial charge in [0.15, 0.2) is 0 Å². The number of thioether (sulfide) groups is 1. The van der Waals surface area contributed by atoms with Crippen molar-refractivity contribution in [3.8, 4) is 0 Å². The molecule has 6 nitrogen and oxygen atoms in total. The number of nitrogens with one attached hydrogen (secondary N) is 1. The number of benzene rings is 1. The molecule has 1 unspecified atom stereocenters. The smallest absolute Gasteiger partial charge is 0.311 e. The zero-order valence-electron chi connectivity index (χ0n) is 14.9. The Morgan fingerprint density at radius 3 is 2.56 bits per heavy atom. The molecule has 1 heterocycles.